The highest BCUT2D eigenvalue weighted by Gasteiger charge is 2.29. The van der Waals surface area contributed by atoms with Gasteiger partial charge in [0.05, 0.1) is 17.8 Å². The topological polar surface area (TPSA) is 80.4 Å². The van der Waals surface area contributed by atoms with Crippen LogP contribution in [0.25, 0.3) is 11.1 Å². The van der Waals surface area contributed by atoms with Crippen molar-refractivity contribution in [3.05, 3.63) is 46.7 Å². The van der Waals surface area contributed by atoms with Crippen LogP contribution in [0.4, 0.5) is 4.79 Å². The number of urea groups is 1. The molecule has 6 nitrogen and oxygen atoms in total. The maximum atomic E-state index is 12.5. The van der Waals surface area contributed by atoms with Crippen molar-refractivity contribution in [2.45, 2.75) is 39.4 Å². The van der Waals surface area contributed by atoms with E-state index in [9.17, 15) is 9.59 Å². The number of carbonyl (C=O) groups is 2. The molecule has 0 radical (unpaired) electrons. The highest BCUT2D eigenvalue weighted by Crippen LogP contribution is 2.32. The van der Waals surface area contributed by atoms with Gasteiger partial charge in [0.2, 0.25) is 0 Å². The van der Waals surface area contributed by atoms with Gasteiger partial charge in [-0.3, -0.25) is 4.79 Å². The summed E-state index contributed by atoms with van der Waals surface area (Å²) in [7, 11) is 0. The molecule has 0 atom stereocenters. The van der Waals surface area contributed by atoms with Gasteiger partial charge < -0.3 is 20.5 Å². The van der Waals surface area contributed by atoms with Gasteiger partial charge in [-0.2, -0.15) is 0 Å². The standard InChI is InChI=1S/C19H23ClN4O2/c1-19(2,3)22-18(26)24-8-7-23-10-14(12-5-4-6-13(20)9-12)16(17(21)25)15(23)11-24/h4-6,9-10H,7-8,11H2,1-3H3,(H2,21,25)(H,22,26). The van der Waals surface area contributed by atoms with Crippen LogP contribution < -0.4 is 11.1 Å². The minimum Gasteiger partial charge on any atom is -0.366 e. The molecule has 0 bridgehead atoms. The summed E-state index contributed by atoms with van der Waals surface area (Å²) in [6.07, 6.45) is 1.92. The Morgan fingerprint density at radius 1 is 1.23 bits per heavy atom. The molecule has 0 unspecified atom stereocenters. The lowest BCUT2D eigenvalue weighted by Gasteiger charge is -2.32. The van der Waals surface area contributed by atoms with Gasteiger partial charge in [-0.15, -0.1) is 0 Å². The van der Waals surface area contributed by atoms with Crippen LogP contribution in [0.5, 0.6) is 0 Å². The predicted octanol–water partition coefficient (Wildman–Crippen LogP) is 3.23. The van der Waals surface area contributed by atoms with Crippen molar-refractivity contribution >= 4 is 23.5 Å². The highest BCUT2D eigenvalue weighted by atomic mass is 35.5. The molecule has 1 aliphatic heterocycles. The fourth-order valence-corrected chi connectivity index (χ4v) is 3.37. The number of aromatic nitrogens is 1. The van der Waals surface area contributed by atoms with Gasteiger partial charge in [0.25, 0.3) is 5.91 Å². The zero-order valence-electron chi connectivity index (χ0n) is 15.2. The van der Waals surface area contributed by atoms with Gasteiger partial charge in [-0.05, 0) is 38.5 Å². The number of benzene rings is 1. The summed E-state index contributed by atoms with van der Waals surface area (Å²) >= 11 is 6.10. The Morgan fingerprint density at radius 3 is 2.58 bits per heavy atom. The molecule has 0 spiro atoms. The van der Waals surface area contributed by atoms with Crippen molar-refractivity contribution in [2.75, 3.05) is 6.54 Å². The zero-order chi connectivity index (χ0) is 19.1. The molecular formula is C19H23ClN4O2. The number of primary amides is 1. The summed E-state index contributed by atoms with van der Waals surface area (Å²) in [5.74, 6) is -0.508. The summed E-state index contributed by atoms with van der Waals surface area (Å²) in [5.41, 5.74) is 8.13. The van der Waals surface area contributed by atoms with E-state index in [4.69, 9.17) is 17.3 Å². The van der Waals surface area contributed by atoms with E-state index < -0.39 is 5.91 Å². The number of amides is 3. The first-order chi connectivity index (χ1) is 12.2. The van der Waals surface area contributed by atoms with Gasteiger partial charge in [-0.1, -0.05) is 23.7 Å². The molecule has 0 aliphatic carbocycles. The zero-order valence-corrected chi connectivity index (χ0v) is 15.9. The fraction of sp³-hybridized carbons (Fsp3) is 0.368. The van der Waals surface area contributed by atoms with Gasteiger partial charge in [0.15, 0.2) is 0 Å². The van der Waals surface area contributed by atoms with Crippen molar-refractivity contribution in [3.63, 3.8) is 0 Å². The van der Waals surface area contributed by atoms with Crippen molar-refractivity contribution in [1.29, 1.82) is 0 Å². The van der Waals surface area contributed by atoms with E-state index in [1.165, 1.54) is 0 Å². The molecule has 3 N–H and O–H groups in total. The Balaban J connectivity index is 1.98. The molecule has 3 rings (SSSR count). The average Bonchev–Trinajstić information content (AvgIpc) is 2.91. The second-order valence-corrected chi connectivity index (χ2v) is 7.97. The van der Waals surface area contributed by atoms with Crippen molar-refractivity contribution in [1.82, 2.24) is 14.8 Å². The number of halogens is 1. The van der Waals surface area contributed by atoms with Gasteiger partial charge >= 0.3 is 6.03 Å². The smallest absolute Gasteiger partial charge is 0.318 e. The second-order valence-electron chi connectivity index (χ2n) is 7.53. The maximum Gasteiger partial charge on any atom is 0.318 e. The number of hydrogen-bond acceptors (Lipinski definition) is 2. The van der Waals surface area contributed by atoms with E-state index >= 15 is 0 Å². The molecule has 2 heterocycles. The molecule has 3 amide bonds. The number of nitrogens with two attached hydrogens (primary N) is 1. The number of nitrogens with one attached hydrogen (secondary N) is 1. The Hall–Kier alpha value is -2.47. The first-order valence-corrected chi connectivity index (χ1v) is 8.88. The molecule has 0 saturated carbocycles. The van der Waals surface area contributed by atoms with Crippen LogP contribution in [0, 0.1) is 0 Å². The monoisotopic (exact) mass is 374 g/mol. The van der Waals surface area contributed by atoms with Crippen LogP contribution in [0.1, 0.15) is 36.8 Å². The van der Waals surface area contributed by atoms with Gasteiger partial charge in [-0.25, -0.2) is 4.79 Å². The molecule has 1 aliphatic rings. The molecule has 1 aromatic carbocycles. The lowest BCUT2D eigenvalue weighted by atomic mass is 10.0. The van der Waals surface area contributed by atoms with Crippen LogP contribution in [0.15, 0.2) is 30.5 Å². The third-order valence-corrected chi connectivity index (χ3v) is 4.53. The molecule has 0 fully saturated rings. The van der Waals surface area contributed by atoms with Gasteiger partial charge in [0, 0.05) is 35.4 Å². The highest BCUT2D eigenvalue weighted by molar-refractivity contribution is 6.30. The Labute approximate surface area is 157 Å². The summed E-state index contributed by atoms with van der Waals surface area (Å²) in [4.78, 5) is 26.4. The molecule has 7 heteroatoms. The van der Waals surface area contributed by atoms with Crippen molar-refractivity contribution in [2.24, 2.45) is 5.73 Å². The Kier molecular flexibility index (Phi) is 4.71. The van der Waals surface area contributed by atoms with Crippen LogP contribution in [-0.4, -0.2) is 33.5 Å². The predicted molar refractivity (Wildman–Crippen MR) is 102 cm³/mol. The third kappa shape index (κ3) is 3.70. The number of hydrogen-bond donors (Lipinski definition) is 2. The van der Waals surface area contributed by atoms with E-state index in [0.29, 0.717) is 30.2 Å². The lowest BCUT2D eigenvalue weighted by Crippen LogP contribution is -2.50. The minimum absolute atomic E-state index is 0.148. The normalized spacial score (nSPS) is 14.1. The second kappa shape index (κ2) is 6.68. The molecule has 1 aromatic heterocycles. The van der Waals surface area contributed by atoms with E-state index in [2.05, 4.69) is 5.32 Å². The third-order valence-electron chi connectivity index (χ3n) is 4.29. The summed E-state index contributed by atoms with van der Waals surface area (Å²) in [6, 6.07) is 7.17. The van der Waals surface area contributed by atoms with Crippen LogP contribution in [0.2, 0.25) is 5.02 Å². The molecule has 0 saturated heterocycles. The first kappa shape index (κ1) is 18.3. The van der Waals surface area contributed by atoms with Crippen molar-refractivity contribution < 1.29 is 9.59 Å². The SMILES string of the molecule is CC(C)(C)NC(=O)N1CCn2cc(-c3cccc(Cl)c3)c(C(N)=O)c2C1. The number of nitrogens with zero attached hydrogens (tertiary/aromatic N) is 2. The summed E-state index contributed by atoms with van der Waals surface area (Å²) in [6.45, 7) is 7.31. The number of rotatable bonds is 2. The van der Waals surface area contributed by atoms with E-state index in [0.717, 1.165) is 16.8 Å². The molecular weight excluding hydrogens is 352 g/mol. The first-order valence-electron chi connectivity index (χ1n) is 8.50. The molecule has 2 aromatic rings. The Morgan fingerprint density at radius 2 is 1.96 bits per heavy atom. The van der Waals surface area contributed by atoms with E-state index in [1.807, 2.05) is 43.7 Å². The minimum atomic E-state index is -0.508. The largest absolute Gasteiger partial charge is 0.366 e. The van der Waals surface area contributed by atoms with Crippen molar-refractivity contribution in [3.8, 4) is 11.1 Å². The van der Waals surface area contributed by atoms with E-state index in [-0.39, 0.29) is 11.6 Å². The molecule has 138 valence electrons. The van der Waals surface area contributed by atoms with Gasteiger partial charge in [0.1, 0.15) is 0 Å². The van der Waals surface area contributed by atoms with E-state index in [1.54, 1.807) is 17.0 Å². The number of fused-ring (bicyclic) bond motifs is 1. The average molecular weight is 375 g/mol. The quantitative estimate of drug-likeness (QED) is 0.846. The maximum absolute atomic E-state index is 12.5. The fourth-order valence-electron chi connectivity index (χ4n) is 3.18. The number of carbonyl (C=O) groups excluding carboxylic acids is 2. The molecule has 26 heavy (non-hydrogen) atoms. The lowest BCUT2D eigenvalue weighted by molar-refractivity contribution is 0.0997. The van der Waals surface area contributed by atoms with Crippen LogP contribution in [0.3, 0.4) is 0 Å². The summed E-state index contributed by atoms with van der Waals surface area (Å²) in [5, 5.41) is 3.55. The summed E-state index contributed by atoms with van der Waals surface area (Å²) < 4.78 is 2.00. The van der Waals surface area contributed by atoms with Crippen LogP contribution in [-0.2, 0) is 13.1 Å². The Bertz CT molecular complexity index is 867. The van der Waals surface area contributed by atoms with Crippen LogP contribution >= 0.6 is 11.6 Å².